The molecule has 0 fully saturated rings. The van der Waals surface area contributed by atoms with Crippen molar-refractivity contribution in [3.63, 3.8) is 0 Å². The number of hydrogen-bond acceptors (Lipinski definition) is 6. The third-order valence-corrected chi connectivity index (χ3v) is 3.60. The van der Waals surface area contributed by atoms with Gasteiger partial charge in [-0.2, -0.15) is 0 Å². The Labute approximate surface area is 161 Å². The molecule has 9 heteroatoms. The number of nitro groups is 1. The van der Waals surface area contributed by atoms with Gasteiger partial charge in [0.15, 0.2) is 5.11 Å². The van der Waals surface area contributed by atoms with Gasteiger partial charge in [0.05, 0.1) is 17.2 Å². The number of anilines is 1. The standard InChI is InChI=1S/C18H19N3O5S/c1-2-25-11-12-26-16-10-6-4-8-14(16)19-18(27)20-17(22)13-7-3-5-9-15(13)21(23)24/h3-10H,2,11-12H2,1H3,(H2,19,20,22,27). The zero-order valence-corrected chi connectivity index (χ0v) is 15.5. The third-order valence-electron chi connectivity index (χ3n) is 3.40. The van der Waals surface area contributed by atoms with E-state index in [4.69, 9.17) is 21.7 Å². The van der Waals surface area contributed by atoms with E-state index in [1.807, 2.05) is 6.92 Å². The van der Waals surface area contributed by atoms with E-state index in [0.717, 1.165) is 0 Å². The minimum atomic E-state index is -0.672. The van der Waals surface area contributed by atoms with Crippen LogP contribution in [0.2, 0.25) is 0 Å². The lowest BCUT2D eigenvalue weighted by atomic mass is 10.1. The van der Waals surface area contributed by atoms with E-state index in [9.17, 15) is 14.9 Å². The molecule has 0 aliphatic rings. The normalized spacial score (nSPS) is 10.1. The van der Waals surface area contributed by atoms with E-state index in [1.165, 1.54) is 18.2 Å². The van der Waals surface area contributed by atoms with E-state index in [2.05, 4.69) is 10.6 Å². The van der Waals surface area contributed by atoms with Crippen molar-refractivity contribution in [2.24, 2.45) is 0 Å². The highest BCUT2D eigenvalue weighted by Crippen LogP contribution is 2.24. The summed E-state index contributed by atoms with van der Waals surface area (Å²) in [6.45, 7) is 3.31. The lowest BCUT2D eigenvalue weighted by Crippen LogP contribution is -2.34. The number of nitrogens with zero attached hydrogens (tertiary/aromatic N) is 1. The first-order valence-corrected chi connectivity index (χ1v) is 8.59. The van der Waals surface area contributed by atoms with Crippen LogP contribution in [0.15, 0.2) is 48.5 Å². The van der Waals surface area contributed by atoms with Gasteiger partial charge >= 0.3 is 0 Å². The van der Waals surface area contributed by atoms with E-state index < -0.39 is 10.8 Å². The zero-order chi connectivity index (χ0) is 19.6. The van der Waals surface area contributed by atoms with Crippen molar-refractivity contribution in [1.29, 1.82) is 0 Å². The van der Waals surface area contributed by atoms with Crippen LogP contribution in [-0.2, 0) is 4.74 Å². The molecular weight excluding hydrogens is 370 g/mol. The Balaban J connectivity index is 2.02. The molecule has 0 unspecified atom stereocenters. The Bertz CT molecular complexity index is 828. The molecule has 0 aliphatic carbocycles. The molecule has 1 amide bonds. The first-order valence-electron chi connectivity index (χ1n) is 8.18. The van der Waals surface area contributed by atoms with Gasteiger partial charge in [-0.05, 0) is 37.3 Å². The summed E-state index contributed by atoms with van der Waals surface area (Å²) in [5, 5.41) is 16.3. The van der Waals surface area contributed by atoms with Gasteiger partial charge in [0, 0.05) is 12.7 Å². The van der Waals surface area contributed by atoms with Crippen molar-refractivity contribution in [3.8, 4) is 5.75 Å². The molecule has 2 rings (SSSR count). The zero-order valence-electron chi connectivity index (χ0n) is 14.6. The molecule has 0 bridgehead atoms. The Kier molecular flexibility index (Phi) is 7.65. The number of nitrogens with one attached hydrogen (secondary N) is 2. The maximum atomic E-state index is 12.3. The summed E-state index contributed by atoms with van der Waals surface area (Å²) < 4.78 is 10.9. The second-order valence-corrected chi connectivity index (χ2v) is 5.63. The molecule has 2 aromatic rings. The number of amides is 1. The molecule has 2 aromatic carbocycles. The van der Waals surface area contributed by atoms with Crippen LogP contribution in [0.5, 0.6) is 5.75 Å². The van der Waals surface area contributed by atoms with Crippen LogP contribution in [0, 0.1) is 10.1 Å². The minimum Gasteiger partial charge on any atom is -0.489 e. The monoisotopic (exact) mass is 389 g/mol. The fraction of sp³-hybridized carbons (Fsp3) is 0.222. The smallest absolute Gasteiger partial charge is 0.282 e. The van der Waals surface area contributed by atoms with Crippen molar-refractivity contribution in [1.82, 2.24) is 5.32 Å². The van der Waals surface area contributed by atoms with Crippen molar-refractivity contribution in [2.75, 3.05) is 25.1 Å². The molecule has 0 saturated heterocycles. The topological polar surface area (TPSA) is 103 Å². The molecule has 0 radical (unpaired) electrons. The molecule has 142 valence electrons. The maximum Gasteiger partial charge on any atom is 0.282 e. The first kappa shape index (κ1) is 20.3. The van der Waals surface area contributed by atoms with Crippen LogP contribution in [0.4, 0.5) is 11.4 Å². The van der Waals surface area contributed by atoms with Crippen LogP contribution in [0.25, 0.3) is 0 Å². The summed E-state index contributed by atoms with van der Waals surface area (Å²) >= 11 is 5.14. The van der Waals surface area contributed by atoms with Crippen molar-refractivity contribution in [3.05, 3.63) is 64.2 Å². The van der Waals surface area contributed by atoms with E-state index in [0.29, 0.717) is 31.3 Å². The Morgan fingerprint density at radius 1 is 1.15 bits per heavy atom. The fourth-order valence-corrected chi connectivity index (χ4v) is 2.40. The van der Waals surface area contributed by atoms with Gasteiger partial charge in [-0.1, -0.05) is 24.3 Å². The number of nitro benzene ring substituents is 1. The summed E-state index contributed by atoms with van der Waals surface area (Å²) in [5.41, 5.74) is 0.187. The second-order valence-electron chi connectivity index (χ2n) is 5.22. The quantitative estimate of drug-likeness (QED) is 0.309. The Morgan fingerprint density at radius 2 is 1.85 bits per heavy atom. The number of hydrogen-bond donors (Lipinski definition) is 2. The summed E-state index contributed by atoms with van der Waals surface area (Å²) in [6.07, 6.45) is 0. The molecular formula is C18H19N3O5S. The molecule has 0 spiro atoms. The number of ether oxygens (including phenoxy) is 2. The van der Waals surface area contributed by atoms with Gasteiger partial charge in [-0.25, -0.2) is 0 Å². The van der Waals surface area contributed by atoms with E-state index in [-0.39, 0.29) is 16.4 Å². The van der Waals surface area contributed by atoms with Crippen LogP contribution in [0.3, 0.4) is 0 Å². The van der Waals surface area contributed by atoms with Crippen LogP contribution >= 0.6 is 12.2 Å². The summed E-state index contributed by atoms with van der Waals surface area (Å²) in [7, 11) is 0. The number of rotatable bonds is 8. The Hall–Kier alpha value is -3.04. The van der Waals surface area contributed by atoms with E-state index in [1.54, 1.807) is 30.3 Å². The highest BCUT2D eigenvalue weighted by molar-refractivity contribution is 7.80. The summed E-state index contributed by atoms with van der Waals surface area (Å²) in [6, 6.07) is 12.7. The van der Waals surface area contributed by atoms with Crippen LogP contribution in [-0.4, -0.2) is 35.8 Å². The summed E-state index contributed by atoms with van der Waals surface area (Å²) in [4.78, 5) is 22.7. The number of carbonyl (C=O) groups excluding carboxylic acids is 1. The van der Waals surface area contributed by atoms with Gasteiger partial charge < -0.3 is 14.8 Å². The highest BCUT2D eigenvalue weighted by atomic mass is 32.1. The van der Waals surface area contributed by atoms with Gasteiger partial charge in [0.2, 0.25) is 0 Å². The molecule has 27 heavy (non-hydrogen) atoms. The van der Waals surface area contributed by atoms with Crippen molar-refractivity contribution < 1.29 is 19.2 Å². The fourth-order valence-electron chi connectivity index (χ4n) is 2.20. The van der Waals surface area contributed by atoms with Gasteiger partial charge in [-0.15, -0.1) is 0 Å². The lowest BCUT2D eigenvalue weighted by Gasteiger charge is -2.14. The Morgan fingerprint density at radius 3 is 2.59 bits per heavy atom. The molecule has 2 N–H and O–H groups in total. The largest absolute Gasteiger partial charge is 0.489 e. The van der Waals surface area contributed by atoms with Crippen molar-refractivity contribution >= 4 is 34.6 Å². The lowest BCUT2D eigenvalue weighted by molar-refractivity contribution is -0.385. The van der Waals surface area contributed by atoms with Gasteiger partial charge in [0.25, 0.3) is 11.6 Å². The molecule has 0 heterocycles. The SMILES string of the molecule is CCOCCOc1ccccc1NC(=S)NC(=O)c1ccccc1[N+](=O)[O-]. The first-order chi connectivity index (χ1) is 13.0. The number of para-hydroxylation sites is 3. The van der Waals surface area contributed by atoms with Crippen molar-refractivity contribution in [2.45, 2.75) is 6.92 Å². The number of carbonyl (C=O) groups is 1. The second kappa shape index (κ2) is 10.2. The number of thiocarbonyl (C=S) groups is 1. The molecule has 0 atom stereocenters. The van der Waals surface area contributed by atoms with Gasteiger partial charge in [-0.3, -0.25) is 20.2 Å². The molecule has 0 aliphatic heterocycles. The predicted molar refractivity (Wildman–Crippen MR) is 105 cm³/mol. The average Bonchev–Trinajstić information content (AvgIpc) is 2.66. The molecule has 0 saturated carbocycles. The maximum absolute atomic E-state index is 12.3. The summed E-state index contributed by atoms with van der Waals surface area (Å²) in [5.74, 6) is -0.131. The number of benzene rings is 2. The molecule has 8 nitrogen and oxygen atoms in total. The predicted octanol–water partition coefficient (Wildman–Crippen LogP) is 3.14. The minimum absolute atomic E-state index is 0.000917. The molecule has 0 aromatic heterocycles. The highest BCUT2D eigenvalue weighted by Gasteiger charge is 2.20. The van der Waals surface area contributed by atoms with Gasteiger partial charge in [0.1, 0.15) is 17.9 Å². The van der Waals surface area contributed by atoms with Crippen LogP contribution < -0.4 is 15.4 Å². The third kappa shape index (κ3) is 6.01. The van der Waals surface area contributed by atoms with Crippen LogP contribution in [0.1, 0.15) is 17.3 Å². The van der Waals surface area contributed by atoms with E-state index >= 15 is 0 Å². The average molecular weight is 389 g/mol.